The lowest BCUT2D eigenvalue weighted by molar-refractivity contribution is 0.359. The van der Waals surface area contributed by atoms with Crippen LogP contribution in [0.3, 0.4) is 0 Å². The summed E-state index contributed by atoms with van der Waals surface area (Å²) in [4.78, 5) is 8.21. The second-order valence-electron chi connectivity index (χ2n) is 4.21. The Hall–Kier alpha value is -1.64. The van der Waals surface area contributed by atoms with E-state index < -0.39 is 0 Å². The predicted molar refractivity (Wildman–Crippen MR) is 89.1 cm³/mol. The number of benzene rings is 1. The van der Waals surface area contributed by atoms with Gasteiger partial charge < -0.3 is 15.6 Å². The first-order valence-electron chi connectivity index (χ1n) is 6.06. The zero-order chi connectivity index (χ0) is 13.7. The SMILES string of the molecule is CN=C(N)NCC(C)c1nc(-c2ccccc2)no1.I. The van der Waals surface area contributed by atoms with Crippen LogP contribution in [0.4, 0.5) is 0 Å². The Bertz CT molecular complexity index is 555. The molecule has 0 aliphatic heterocycles. The number of aliphatic imine (C=N–C) groups is 1. The predicted octanol–water partition coefficient (Wildman–Crippen LogP) is 1.99. The summed E-state index contributed by atoms with van der Waals surface area (Å²) in [5.74, 6) is 1.63. The van der Waals surface area contributed by atoms with Crippen molar-refractivity contribution in [3.63, 3.8) is 0 Å². The van der Waals surface area contributed by atoms with Gasteiger partial charge in [-0.25, -0.2) is 0 Å². The van der Waals surface area contributed by atoms with Gasteiger partial charge >= 0.3 is 0 Å². The van der Waals surface area contributed by atoms with Crippen LogP contribution < -0.4 is 11.1 Å². The van der Waals surface area contributed by atoms with Gasteiger partial charge in [0.2, 0.25) is 11.7 Å². The van der Waals surface area contributed by atoms with Gasteiger partial charge in [0, 0.05) is 19.2 Å². The van der Waals surface area contributed by atoms with Crippen LogP contribution in [0, 0.1) is 0 Å². The smallest absolute Gasteiger partial charge is 0.231 e. The summed E-state index contributed by atoms with van der Waals surface area (Å²) in [5, 5.41) is 6.96. The Balaban J connectivity index is 0.00000200. The molecule has 6 nitrogen and oxygen atoms in total. The maximum atomic E-state index is 5.57. The van der Waals surface area contributed by atoms with Gasteiger partial charge in [-0.2, -0.15) is 4.98 Å². The van der Waals surface area contributed by atoms with E-state index in [4.69, 9.17) is 10.3 Å². The zero-order valence-electron chi connectivity index (χ0n) is 11.4. The molecule has 0 spiro atoms. The van der Waals surface area contributed by atoms with E-state index in [1.54, 1.807) is 7.05 Å². The van der Waals surface area contributed by atoms with E-state index in [-0.39, 0.29) is 29.9 Å². The van der Waals surface area contributed by atoms with E-state index in [2.05, 4.69) is 20.4 Å². The number of hydrogen-bond acceptors (Lipinski definition) is 4. The Morgan fingerprint density at radius 1 is 1.40 bits per heavy atom. The Morgan fingerprint density at radius 2 is 2.10 bits per heavy atom. The third kappa shape index (κ3) is 4.19. The fourth-order valence-electron chi connectivity index (χ4n) is 1.56. The van der Waals surface area contributed by atoms with Gasteiger partial charge in [0.15, 0.2) is 5.96 Å². The molecule has 20 heavy (non-hydrogen) atoms. The van der Waals surface area contributed by atoms with Crippen LogP contribution in [0.1, 0.15) is 18.7 Å². The summed E-state index contributed by atoms with van der Waals surface area (Å²) in [5.41, 5.74) is 6.51. The summed E-state index contributed by atoms with van der Waals surface area (Å²) in [6.45, 7) is 2.58. The molecule has 0 bridgehead atoms. The molecule has 3 N–H and O–H groups in total. The molecule has 1 unspecified atom stereocenters. The average Bonchev–Trinajstić information content (AvgIpc) is 2.95. The van der Waals surface area contributed by atoms with E-state index in [9.17, 15) is 0 Å². The molecule has 7 heteroatoms. The molecule has 0 saturated carbocycles. The summed E-state index contributed by atoms with van der Waals surface area (Å²) in [6, 6.07) is 9.71. The molecule has 1 heterocycles. The van der Waals surface area contributed by atoms with Crippen molar-refractivity contribution in [2.45, 2.75) is 12.8 Å². The molecular formula is C13H18IN5O. The molecule has 1 aromatic heterocycles. The Kier molecular flexibility index (Phi) is 6.43. The van der Waals surface area contributed by atoms with Crippen LogP contribution in [-0.4, -0.2) is 29.7 Å². The highest BCUT2D eigenvalue weighted by molar-refractivity contribution is 14.0. The Morgan fingerprint density at radius 3 is 2.75 bits per heavy atom. The van der Waals surface area contributed by atoms with Gasteiger partial charge in [-0.15, -0.1) is 24.0 Å². The van der Waals surface area contributed by atoms with Gasteiger partial charge in [-0.05, 0) is 0 Å². The third-order valence-electron chi connectivity index (χ3n) is 2.73. The summed E-state index contributed by atoms with van der Waals surface area (Å²) < 4.78 is 5.26. The molecule has 0 amide bonds. The fraction of sp³-hybridized carbons (Fsp3) is 0.308. The van der Waals surface area contributed by atoms with Crippen molar-refractivity contribution in [2.24, 2.45) is 10.7 Å². The Labute approximate surface area is 134 Å². The fourth-order valence-corrected chi connectivity index (χ4v) is 1.56. The van der Waals surface area contributed by atoms with Crippen LogP contribution >= 0.6 is 24.0 Å². The molecule has 108 valence electrons. The lowest BCUT2D eigenvalue weighted by Gasteiger charge is -2.08. The number of nitrogens with two attached hydrogens (primary N) is 1. The molecule has 0 saturated heterocycles. The summed E-state index contributed by atoms with van der Waals surface area (Å²) in [6.07, 6.45) is 0. The van der Waals surface area contributed by atoms with Crippen LogP contribution in [-0.2, 0) is 0 Å². The van der Waals surface area contributed by atoms with Gasteiger partial charge in [-0.3, -0.25) is 4.99 Å². The first-order chi connectivity index (χ1) is 9.20. The number of halogens is 1. The highest BCUT2D eigenvalue weighted by atomic mass is 127. The van der Waals surface area contributed by atoms with Gasteiger partial charge in [0.25, 0.3) is 0 Å². The zero-order valence-corrected chi connectivity index (χ0v) is 13.7. The average molecular weight is 387 g/mol. The van der Waals surface area contributed by atoms with E-state index in [0.717, 1.165) is 5.56 Å². The van der Waals surface area contributed by atoms with Crippen molar-refractivity contribution >= 4 is 29.9 Å². The standard InChI is InChI=1S/C13H17N5O.HI/c1-9(8-16-13(14)15-2)12-17-11(18-19-12)10-6-4-3-5-7-10;/h3-7,9H,8H2,1-2H3,(H3,14,15,16);1H. The topological polar surface area (TPSA) is 89.3 Å². The van der Waals surface area contributed by atoms with Gasteiger partial charge in [0.05, 0.1) is 5.92 Å². The van der Waals surface area contributed by atoms with E-state index in [1.165, 1.54) is 0 Å². The summed E-state index contributed by atoms with van der Waals surface area (Å²) >= 11 is 0. The molecule has 0 aliphatic rings. The first-order valence-corrected chi connectivity index (χ1v) is 6.06. The number of guanidine groups is 1. The lowest BCUT2D eigenvalue weighted by Crippen LogP contribution is -2.34. The molecule has 2 rings (SSSR count). The first kappa shape index (κ1) is 16.4. The maximum absolute atomic E-state index is 5.57. The molecule has 0 aliphatic carbocycles. The van der Waals surface area contributed by atoms with Crippen molar-refractivity contribution in [3.8, 4) is 11.4 Å². The molecule has 0 radical (unpaired) electrons. The molecule has 1 atom stereocenters. The number of nitrogens with zero attached hydrogens (tertiary/aromatic N) is 3. The molecule has 0 fully saturated rings. The van der Waals surface area contributed by atoms with Crippen LogP contribution in [0.25, 0.3) is 11.4 Å². The monoisotopic (exact) mass is 387 g/mol. The number of rotatable bonds is 4. The van der Waals surface area contributed by atoms with E-state index in [1.807, 2.05) is 37.3 Å². The molecule has 1 aromatic carbocycles. The van der Waals surface area contributed by atoms with E-state index in [0.29, 0.717) is 24.2 Å². The minimum Gasteiger partial charge on any atom is -0.370 e. The van der Waals surface area contributed by atoms with Crippen molar-refractivity contribution in [1.29, 1.82) is 0 Å². The largest absolute Gasteiger partial charge is 0.370 e. The maximum Gasteiger partial charge on any atom is 0.231 e. The summed E-state index contributed by atoms with van der Waals surface area (Å²) in [7, 11) is 1.63. The van der Waals surface area contributed by atoms with Crippen molar-refractivity contribution in [2.75, 3.05) is 13.6 Å². The highest BCUT2D eigenvalue weighted by Gasteiger charge is 2.15. The van der Waals surface area contributed by atoms with Crippen molar-refractivity contribution in [1.82, 2.24) is 15.5 Å². The second-order valence-corrected chi connectivity index (χ2v) is 4.21. The quantitative estimate of drug-likeness (QED) is 0.476. The minimum absolute atomic E-state index is 0. The molecule has 2 aromatic rings. The molecular weight excluding hydrogens is 369 g/mol. The van der Waals surface area contributed by atoms with Crippen molar-refractivity contribution < 1.29 is 4.52 Å². The van der Waals surface area contributed by atoms with Crippen LogP contribution in [0.15, 0.2) is 39.8 Å². The lowest BCUT2D eigenvalue weighted by atomic mass is 10.2. The highest BCUT2D eigenvalue weighted by Crippen LogP contribution is 2.18. The van der Waals surface area contributed by atoms with Gasteiger partial charge in [0.1, 0.15) is 0 Å². The van der Waals surface area contributed by atoms with E-state index >= 15 is 0 Å². The van der Waals surface area contributed by atoms with Crippen molar-refractivity contribution in [3.05, 3.63) is 36.2 Å². The number of nitrogens with one attached hydrogen (secondary N) is 1. The van der Waals surface area contributed by atoms with Gasteiger partial charge in [-0.1, -0.05) is 42.4 Å². The van der Waals surface area contributed by atoms with Crippen LogP contribution in [0.2, 0.25) is 0 Å². The second kappa shape index (κ2) is 7.83. The minimum atomic E-state index is 0. The third-order valence-corrected chi connectivity index (χ3v) is 2.73. The number of aromatic nitrogens is 2. The van der Waals surface area contributed by atoms with Crippen LogP contribution in [0.5, 0.6) is 0 Å². The normalized spacial score (nSPS) is 12.6. The number of hydrogen-bond donors (Lipinski definition) is 2.